The zero-order chi connectivity index (χ0) is 24.6. The van der Waals surface area contributed by atoms with Gasteiger partial charge in [-0.3, -0.25) is 9.10 Å². The third-order valence-electron chi connectivity index (χ3n) is 4.75. The number of thioether (sulfide) groups is 1. The lowest BCUT2D eigenvalue weighted by Crippen LogP contribution is -2.41. The highest BCUT2D eigenvalue weighted by atomic mass is 35.5. The first-order valence-electron chi connectivity index (χ1n) is 10.4. The largest absolute Gasteiger partial charge is 0.495 e. The van der Waals surface area contributed by atoms with Crippen LogP contribution < -0.4 is 14.4 Å². The maximum atomic E-state index is 13.4. The fraction of sp³-hybridized carbons (Fsp3) is 0.208. The van der Waals surface area contributed by atoms with Crippen molar-refractivity contribution in [2.24, 2.45) is 0 Å². The molecule has 0 fully saturated rings. The van der Waals surface area contributed by atoms with E-state index in [1.54, 1.807) is 42.1 Å². The number of methoxy groups -OCH3 is 1. The summed E-state index contributed by atoms with van der Waals surface area (Å²) < 4.78 is 33.2. The highest BCUT2D eigenvalue weighted by molar-refractivity contribution is 7.99. The number of nitrogens with one attached hydrogen (secondary N) is 1. The van der Waals surface area contributed by atoms with Crippen LogP contribution in [-0.2, 0) is 14.8 Å². The van der Waals surface area contributed by atoms with Crippen molar-refractivity contribution in [3.05, 3.63) is 82.8 Å². The Morgan fingerprint density at radius 1 is 1.00 bits per heavy atom. The number of halogens is 2. The molecule has 3 rings (SSSR count). The zero-order valence-corrected chi connectivity index (χ0v) is 21.6. The number of carbonyl (C=O) groups is 1. The molecule has 3 aromatic rings. The van der Waals surface area contributed by atoms with Crippen molar-refractivity contribution in [1.29, 1.82) is 0 Å². The van der Waals surface area contributed by atoms with Crippen LogP contribution >= 0.6 is 35.0 Å². The van der Waals surface area contributed by atoms with Gasteiger partial charge >= 0.3 is 0 Å². The van der Waals surface area contributed by atoms with Gasteiger partial charge < -0.3 is 10.1 Å². The number of ether oxygens (including phenoxy) is 1. The summed E-state index contributed by atoms with van der Waals surface area (Å²) in [6, 6.07) is 20.1. The quantitative estimate of drug-likeness (QED) is 0.258. The van der Waals surface area contributed by atoms with Gasteiger partial charge in [0.2, 0.25) is 5.91 Å². The summed E-state index contributed by atoms with van der Waals surface area (Å²) in [5, 5.41) is 3.81. The first kappa shape index (κ1) is 26.2. The Kier molecular flexibility index (Phi) is 9.53. The number of hydrogen-bond acceptors (Lipinski definition) is 5. The number of rotatable bonds is 11. The molecule has 0 aromatic heterocycles. The van der Waals surface area contributed by atoms with Crippen LogP contribution in [0.4, 0.5) is 5.69 Å². The van der Waals surface area contributed by atoms with E-state index < -0.39 is 22.5 Å². The second-order valence-electron chi connectivity index (χ2n) is 7.15. The molecule has 0 saturated carbocycles. The van der Waals surface area contributed by atoms with Crippen LogP contribution in [0.25, 0.3) is 0 Å². The molecule has 34 heavy (non-hydrogen) atoms. The molecular weight excluding hydrogens is 515 g/mol. The van der Waals surface area contributed by atoms with Crippen molar-refractivity contribution in [3.8, 4) is 5.75 Å². The van der Waals surface area contributed by atoms with Crippen molar-refractivity contribution < 1.29 is 17.9 Å². The third kappa shape index (κ3) is 7.06. The number of sulfonamides is 1. The summed E-state index contributed by atoms with van der Waals surface area (Å²) in [6.45, 7) is -0.0103. The summed E-state index contributed by atoms with van der Waals surface area (Å²) in [7, 11) is -2.63. The van der Waals surface area contributed by atoms with Gasteiger partial charge in [-0.25, -0.2) is 8.42 Å². The van der Waals surface area contributed by atoms with Crippen molar-refractivity contribution in [2.45, 2.75) is 16.2 Å². The number of anilines is 1. The second kappa shape index (κ2) is 12.4. The minimum atomic E-state index is -4.05. The monoisotopic (exact) mass is 538 g/mol. The van der Waals surface area contributed by atoms with E-state index in [-0.39, 0.29) is 16.3 Å². The number of amides is 1. The Morgan fingerprint density at radius 3 is 2.35 bits per heavy atom. The molecule has 0 radical (unpaired) electrons. The molecule has 0 aliphatic heterocycles. The van der Waals surface area contributed by atoms with Gasteiger partial charge in [-0.15, -0.1) is 11.8 Å². The fourth-order valence-electron chi connectivity index (χ4n) is 3.08. The number of carbonyl (C=O) groups excluding carboxylic acids is 1. The van der Waals surface area contributed by atoms with Gasteiger partial charge in [-0.2, -0.15) is 0 Å². The van der Waals surface area contributed by atoms with E-state index in [0.717, 1.165) is 15.0 Å². The van der Waals surface area contributed by atoms with Crippen LogP contribution in [0.15, 0.2) is 82.6 Å². The van der Waals surface area contributed by atoms with E-state index in [1.807, 2.05) is 24.3 Å². The van der Waals surface area contributed by atoms with Crippen LogP contribution in [0.2, 0.25) is 10.0 Å². The molecule has 10 heteroatoms. The predicted octanol–water partition coefficient (Wildman–Crippen LogP) is 5.50. The Labute approximate surface area is 214 Å². The molecule has 0 aliphatic carbocycles. The zero-order valence-electron chi connectivity index (χ0n) is 18.4. The molecule has 0 aliphatic rings. The van der Waals surface area contributed by atoms with Crippen molar-refractivity contribution >= 4 is 56.6 Å². The molecule has 1 amide bonds. The Bertz CT molecular complexity index is 1210. The maximum absolute atomic E-state index is 13.4. The van der Waals surface area contributed by atoms with Gasteiger partial charge in [0.1, 0.15) is 12.3 Å². The van der Waals surface area contributed by atoms with E-state index in [1.165, 1.54) is 25.3 Å². The van der Waals surface area contributed by atoms with Gasteiger partial charge in [0.15, 0.2) is 0 Å². The fourth-order valence-corrected chi connectivity index (χ4v) is 5.67. The van der Waals surface area contributed by atoms with Gasteiger partial charge in [0.05, 0.1) is 17.7 Å². The summed E-state index contributed by atoms with van der Waals surface area (Å²) in [5.74, 6) is 0.643. The smallest absolute Gasteiger partial charge is 0.264 e. The molecule has 180 valence electrons. The van der Waals surface area contributed by atoms with Crippen molar-refractivity contribution in [1.82, 2.24) is 5.32 Å². The Morgan fingerprint density at radius 2 is 1.68 bits per heavy atom. The lowest BCUT2D eigenvalue weighted by molar-refractivity contribution is -0.119. The molecule has 1 N–H and O–H groups in total. The third-order valence-corrected chi connectivity index (χ3v) is 8.11. The van der Waals surface area contributed by atoms with Crippen LogP contribution in [0.5, 0.6) is 5.75 Å². The van der Waals surface area contributed by atoms with Crippen LogP contribution in [0, 0.1) is 0 Å². The summed E-state index contributed by atoms with van der Waals surface area (Å²) in [5.41, 5.74) is 0.187. The lowest BCUT2D eigenvalue weighted by atomic mass is 10.3. The topological polar surface area (TPSA) is 75.7 Å². The Hall–Kier alpha value is -2.39. The highest BCUT2D eigenvalue weighted by Gasteiger charge is 2.29. The molecule has 3 aromatic carbocycles. The molecule has 0 heterocycles. The normalized spacial score (nSPS) is 11.1. The van der Waals surface area contributed by atoms with Crippen molar-refractivity contribution in [3.63, 3.8) is 0 Å². The summed E-state index contributed by atoms with van der Waals surface area (Å²) in [6.07, 6.45) is 0.713. The predicted molar refractivity (Wildman–Crippen MR) is 139 cm³/mol. The maximum Gasteiger partial charge on any atom is 0.264 e. The number of hydrogen-bond donors (Lipinski definition) is 1. The Balaban J connectivity index is 1.70. The highest BCUT2D eigenvalue weighted by Crippen LogP contribution is 2.34. The summed E-state index contributed by atoms with van der Waals surface area (Å²) >= 11 is 13.7. The SMILES string of the molecule is COc1ccc(Cl)cc1N(CC(=O)NCCCSc1ccc(Cl)cc1)S(=O)(=O)c1ccccc1. The van der Waals surface area contributed by atoms with Gasteiger partial charge in [0.25, 0.3) is 10.0 Å². The van der Waals surface area contributed by atoms with Crippen LogP contribution in [-0.4, -0.2) is 40.3 Å². The van der Waals surface area contributed by atoms with E-state index >= 15 is 0 Å². The van der Waals surface area contributed by atoms with E-state index in [0.29, 0.717) is 23.0 Å². The van der Waals surface area contributed by atoms with Gasteiger partial charge in [-0.1, -0.05) is 41.4 Å². The van der Waals surface area contributed by atoms with Gasteiger partial charge in [0, 0.05) is 21.5 Å². The first-order valence-corrected chi connectivity index (χ1v) is 13.6. The van der Waals surface area contributed by atoms with Crippen molar-refractivity contribution in [2.75, 3.05) is 30.3 Å². The van der Waals surface area contributed by atoms with Gasteiger partial charge in [-0.05, 0) is 66.8 Å². The van der Waals surface area contributed by atoms with E-state index in [2.05, 4.69) is 5.32 Å². The van der Waals surface area contributed by atoms with Crippen LogP contribution in [0.3, 0.4) is 0 Å². The number of nitrogens with zero attached hydrogens (tertiary/aromatic N) is 1. The molecule has 0 unspecified atom stereocenters. The number of benzene rings is 3. The average Bonchev–Trinajstić information content (AvgIpc) is 2.84. The summed E-state index contributed by atoms with van der Waals surface area (Å²) in [4.78, 5) is 13.9. The minimum absolute atomic E-state index is 0.0594. The first-order chi connectivity index (χ1) is 16.3. The molecule has 0 atom stereocenters. The molecular formula is C24H24Cl2N2O4S2. The standard InChI is InChI=1S/C24H24Cl2N2O4S2/c1-32-23-13-10-19(26)16-22(23)28(34(30,31)21-6-3-2-4-7-21)17-24(29)27-14-5-15-33-20-11-8-18(25)9-12-20/h2-4,6-13,16H,5,14-15,17H2,1H3,(H,27,29). The lowest BCUT2D eigenvalue weighted by Gasteiger charge is -2.25. The molecule has 0 bridgehead atoms. The second-order valence-corrected chi connectivity index (χ2v) is 11.1. The van der Waals surface area contributed by atoms with Crippen LogP contribution in [0.1, 0.15) is 6.42 Å². The molecule has 6 nitrogen and oxygen atoms in total. The minimum Gasteiger partial charge on any atom is -0.495 e. The molecule has 0 saturated heterocycles. The van der Waals surface area contributed by atoms with E-state index in [4.69, 9.17) is 27.9 Å². The van der Waals surface area contributed by atoms with E-state index in [9.17, 15) is 13.2 Å². The molecule has 0 spiro atoms. The average molecular weight is 540 g/mol.